The SMILES string of the molecule is O=C(NCc1cccc(Oc2ccccc2)c1)c1cccc([N+](=O)[O-])c1. The number of para-hydroxylation sites is 1. The first-order valence-corrected chi connectivity index (χ1v) is 7.96. The maximum atomic E-state index is 12.2. The van der Waals surface area contributed by atoms with Gasteiger partial charge >= 0.3 is 0 Å². The van der Waals surface area contributed by atoms with Gasteiger partial charge < -0.3 is 10.1 Å². The third kappa shape index (κ3) is 4.45. The second-order valence-corrected chi connectivity index (χ2v) is 5.55. The number of nitrogens with zero attached hydrogens (tertiary/aromatic N) is 1. The van der Waals surface area contributed by atoms with Crippen molar-refractivity contribution in [1.29, 1.82) is 0 Å². The van der Waals surface area contributed by atoms with Crippen LogP contribution in [0.2, 0.25) is 0 Å². The quantitative estimate of drug-likeness (QED) is 0.531. The monoisotopic (exact) mass is 348 g/mol. The number of rotatable bonds is 6. The predicted molar refractivity (Wildman–Crippen MR) is 97.2 cm³/mol. The fraction of sp³-hybridized carbons (Fsp3) is 0.0500. The largest absolute Gasteiger partial charge is 0.457 e. The number of nitro groups is 1. The van der Waals surface area contributed by atoms with Gasteiger partial charge in [0.2, 0.25) is 0 Å². The molecule has 0 unspecified atom stereocenters. The molecule has 0 fully saturated rings. The maximum Gasteiger partial charge on any atom is 0.270 e. The minimum atomic E-state index is -0.527. The van der Waals surface area contributed by atoms with E-state index in [0.717, 1.165) is 11.3 Å². The summed E-state index contributed by atoms with van der Waals surface area (Å²) in [6.45, 7) is 0.285. The van der Waals surface area contributed by atoms with E-state index in [9.17, 15) is 14.9 Å². The summed E-state index contributed by atoms with van der Waals surface area (Å²) in [5, 5.41) is 13.6. The molecule has 6 nitrogen and oxygen atoms in total. The topological polar surface area (TPSA) is 81.5 Å². The second-order valence-electron chi connectivity index (χ2n) is 5.55. The minimum absolute atomic E-state index is 0.115. The summed E-state index contributed by atoms with van der Waals surface area (Å²) in [5.41, 5.74) is 0.990. The Morgan fingerprint density at radius 1 is 0.923 bits per heavy atom. The van der Waals surface area contributed by atoms with Crippen LogP contribution >= 0.6 is 0 Å². The van der Waals surface area contributed by atoms with Crippen molar-refractivity contribution in [2.24, 2.45) is 0 Å². The molecule has 0 aliphatic heterocycles. The molecule has 26 heavy (non-hydrogen) atoms. The number of nitro benzene ring substituents is 1. The van der Waals surface area contributed by atoms with Crippen LogP contribution in [0.3, 0.4) is 0 Å². The van der Waals surface area contributed by atoms with Gasteiger partial charge in [-0.15, -0.1) is 0 Å². The Bertz CT molecular complexity index is 926. The summed E-state index contributed by atoms with van der Waals surface area (Å²) in [6, 6.07) is 22.4. The van der Waals surface area contributed by atoms with E-state index in [0.29, 0.717) is 5.75 Å². The highest BCUT2D eigenvalue weighted by Crippen LogP contribution is 2.22. The number of carbonyl (C=O) groups is 1. The molecular formula is C20H16N2O4. The van der Waals surface area contributed by atoms with Crippen molar-refractivity contribution < 1.29 is 14.5 Å². The lowest BCUT2D eigenvalue weighted by Gasteiger charge is -2.09. The molecule has 0 spiro atoms. The van der Waals surface area contributed by atoms with Gasteiger partial charge in [0.15, 0.2) is 0 Å². The second kappa shape index (κ2) is 7.94. The summed E-state index contributed by atoms with van der Waals surface area (Å²) >= 11 is 0. The molecule has 0 saturated carbocycles. The molecule has 0 aliphatic rings. The Morgan fingerprint density at radius 2 is 1.65 bits per heavy atom. The molecule has 0 heterocycles. The van der Waals surface area contributed by atoms with Gasteiger partial charge in [-0.1, -0.05) is 36.4 Å². The average Bonchev–Trinajstić information content (AvgIpc) is 2.67. The summed E-state index contributed by atoms with van der Waals surface area (Å²) in [5.74, 6) is 1.02. The zero-order chi connectivity index (χ0) is 18.4. The van der Waals surface area contributed by atoms with E-state index in [2.05, 4.69) is 5.32 Å². The maximum absolute atomic E-state index is 12.2. The third-order valence-corrected chi connectivity index (χ3v) is 3.65. The van der Waals surface area contributed by atoms with E-state index in [1.807, 2.05) is 54.6 Å². The van der Waals surface area contributed by atoms with Gasteiger partial charge in [-0.25, -0.2) is 0 Å². The van der Waals surface area contributed by atoms with Gasteiger partial charge in [-0.3, -0.25) is 14.9 Å². The molecule has 1 amide bonds. The molecule has 0 bridgehead atoms. The number of non-ortho nitro benzene ring substituents is 1. The van der Waals surface area contributed by atoms with Gasteiger partial charge in [0.1, 0.15) is 11.5 Å². The van der Waals surface area contributed by atoms with Crippen molar-refractivity contribution in [3.8, 4) is 11.5 Å². The molecule has 1 N–H and O–H groups in total. The van der Waals surface area contributed by atoms with Gasteiger partial charge in [-0.2, -0.15) is 0 Å². The molecule has 0 aromatic heterocycles. The molecule has 6 heteroatoms. The molecule has 3 rings (SSSR count). The van der Waals surface area contributed by atoms with E-state index < -0.39 is 4.92 Å². The lowest BCUT2D eigenvalue weighted by molar-refractivity contribution is -0.384. The van der Waals surface area contributed by atoms with Gasteiger partial charge in [-0.05, 0) is 35.9 Å². The number of nitrogens with one attached hydrogen (secondary N) is 1. The first kappa shape index (κ1) is 17.2. The van der Waals surface area contributed by atoms with E-state index in [1.165, 1.54) is 24.3 Å². The lowest BCUT2D eigenvalue weighted by atomic mass is 10.1. The van der Waals surface area contributed by atoms with Crippen LogP contribution in [0.1, 0.15) is 15.9 Å². The predicted octanol–water partition coefficient (Wildman–Crippen LogP) is 4.32. The third-order valence-electron chi connectivity index (χ3n) is 3.65. The molecule has 3 aromatic carbocycles. The van der Waals surface area contributed by atoms with Crippen LogP contribution in [0.25, 0.3) is 0 Å². The van der Waals surface area contributed by atoms with Crippen molar-refractivity contribution in [2.75, 3.05) is 0 Å². The molecule has 3 aromatic rings. The highest BCUT2D eigenvalue weighted by molar-refractivity contribution is 5.94. The van der Waals surface area contributed by atoms with Crippen LogP contribution in [-0.2, 0) is 6.54 Å². The van der Waals surface area contributed by atoms with Crippen LogP contribution in [0.4, 0.5) is 5.69 Å². The van der Waals surface area contributed by atoms with E-state index >= 15 is 0 Å². The number of amides is 1. The van der Waals surface area contributed by atoms with Crippen LogP contribution in [0.5, 0.6) is 11.5 Å². The Morgan fingerprint density at radius 3 is 2.42 bits per heavy atom. The summed E-state index contributed by atoms with van der Waals surface area (Å²) in [7, 11) is 0. The Hall–Kier alpha value is -3.67. The van der Waals surface area contributed by atoms with E-state index in [-0.39, 0.29) is 23.7 Å². The molecule has 0 saturated heterocycles. The Labute approximate surface area is 150 Å². The van der Waals surface area contributed by atoms with Crippen molar-refractivity contribution in [1.82, 2.24) is 5.32 Å². The fourth-order valence-corrected chi connectivity index (χ4v) is 2.39. The van der Waals surface area contributed by atoms with Crippen LogP contribution in [0.15, 0.2) is 78.9 Å². The highest BCUT2D eigenvalue weighted by atomic mass is 16.6. The molecular weight excluding hydrogens is 332 g/mol. The number of ether oxygens (including phenoxy) is 1. The first-order valence-electron chi connectivity index (χ1n) is 7.96. The normalized spacial score (nSPS) is 10.2. The molecule has 0 radical (unpaired) electrons. The minimum Gasteiger partial charge on any atom is -0.457 e. The van der Waals surface area contributed by atoms with E-state index in [4.69, 9.17) is 4.74 Å². The molecule has 130 valence electrons. The van der Waals surface area contributed by atoms with Crippen molar-refractivity contribution >= 4 is 11.6 Å². The fourth-order valence-electron chi connectivity index (χ4n) is 2.39. The first-order chi connectivity index (χ1) is 12.6. The summed E-state index contributed by atoms with van der Waals surface area (Å²) < 4.78 is 5.76. The summed E-state index contributed by atoms with van der Waals surface area (Å²) in [6.07, 6.45) is 0. The van der Waals surface area contributed by atoms with Gasteiger partial charge in [0.05, 0.1) is 4.92 Å². The summed E-state index contributed by atoms with van der Waals surface area (Å²) in [4.78, 5) is 22.5. The molecule has 0 atom stereocenters. The van der Waals surface area contributed by atoms with Gasteiger partial charge in [0, 0.05) is 24.2 Å². The zero-order valence-electron chi connectivity index (χ0n) is 13.8. The van der Waals surface area contributed by atoms with Crippen molar-refractivity contribution in [3.05, 3.63) is 100 Å². The molecule has 0 aliphatic carbocycles. The number of carbonyl (C=O) groups excluding carboxylic acids is 1. The zero-order valence-corrected chi connectivity index (χ0v) is 13.8. The highest BCUT2D eigenvalue weighted by Gasteiger charge is 2.11. The Balaban J connectivity index is 1.64. The van der Waals surface area contributed by atoms with Gasteiger partial charge in [0.25, 0.3) is 11.6 Å². The smallest absolute Gasteiger partial charge is 0.270 e. The number of benzene rings is 3. The van der Waals surface area contributed by atoms with Crippen LogP contribution in [-0.4, -0.2) is 10.8 Å². The van der Waals surface area contributed by atoms with Crippen molar-refractivity contribution in [2.45, 2.75) is 6.54 Å². The number of hydrogen-bond acceptors (Lipinski definition) is 4. The van der Waals surface area contributed by atoms with Crippen LogP contribution in [0, 0.1) is 10.1 Å². The van der Waals surface area contributed by atoms with E-state index in [1.54, 1.807) is 0 Å². The van der Waals surface area contributed by atoms with Crippen LogP contribution < -0.4 is 10.1 Å². The Kier molecular flexibility index (Phi) is 5.24. The van der Waals surface area contributed by atoms with Crippen molar-refractivity contribution in [3.63, 3.8) is 0 Å². The standard InChI is InChI=1S/C20H16N2O4/c23-20(16-7-5-8-17(13-16)22(24)25)21-14-15-6-4-11-19(12-15)26-18-9-2-1-3-10-18/h1-13H,14H2,(H,21,23). The lowest BCUT2D eigenvalue weighted by Crippen LogP contribution is -2.22. The average molecular weight is 348 g/mol. The number of hydrogen-bond donors (Lipinski definition) is 1.